The third kappa shape index (κ3) is 6.97. The summed E-state index contributed by atoms with van der Waals surface area (Å²) in [4.78, 5) is 50.4. The fourth-order valence-corrected chi connectivity index (χ4v) is 5.92. The number of hydrogen-bond acceptors (Lipinski definition) is 6. The number of amidine groups is 2. The normalized spacial score (nSPS) is 16.2. The van der Waals surface area contributed by atoms with Crippen LogP contribution in [0.5, 0.6) is 0 Å². The number of carbonyl (C=O) groups excluding carboxylic acids is 3. The highest BCUT2D eigenvalue weighted by molar-refractivity contribution is 8.15. The van der Waals surface area contributed by atoms with Crippen LogP contribution in [0.3, 0.4) is 0 Å². The Morgan fingerprint density at radius 1 is 0.952 bits per heavy atom. The number of nitrogens with one attached hydrogen (secondary N) is 2. The summed E-state index contributed by atoms with van der Waals surface area (Å²) < 4.78 is 0. The van der Waals surface area contributed by atoms with Crippen LogP contribution >= 0.6 is 11.8 Å². The molecule has 0 aliphatic carbocycles. The standard InChI is InChI=1S/C33H35N5O3S/c1-3-28(31(40)35-21-24-15-13-22(2)14-16-24)42-33-37-26-12-8-7-11-25(26)30-36-27(32(41)38(30)33)17-18-29(39)34-20-19-23-9-5-4-6-10-23/h4-16,27-28H,3,17-21H2,1-2H3,(H,34,39)(H,35,40). The number of amides is 3. The molecule has 0 spiro atoms. The molecule has 0 saturated carbocycles. The largest absolute Gasteiger partial charge is 0.356 e. The van der Waals surface area contributed by atoms with Crippen molar-refractivity contribution in [1.29, 1.82) is 0 Å². The minimum absolute atomic E-state index is 0.108. The summed E-state index contributed by atoms with van der Waals surface area (Å²) in [6.07, 6.45) is 1.79. The minimum atomic E-state index is -0.688. The van der Waals surface area contributed by atoms with E-state index in [0.29, 0.717) is 42.6 Å². The van der Waals surface area contributed by atoms with Crippen molar-refractivity contribution in [2.24, 2.45) is 9.98 Å². The Hall–Kier alpha value is -4.24. The maximum absolute atomic E-state index is 13.6. The van der Waals surface area contributed by atoms with E-state index in [-0.39, 0.29) is 24.1 Å². The van der Waals surface area contributed by atoms with Gasteiger partial charge < -0.3 is 10.6 Å². The van der Waals surface area contributed by atoms with Gasteiger partial charge in [0.05, 0.1) is 10.9 Å². The number of carbonyl (C=O) groups is 3. The first kappa shape index (κ1) is 29.3. The summed E-state index contributed by atoms with van der Waals surface area (Å²) in [7, 11) is 0. The maximum atomic E-state index is 13.6. The van der Waals surface area contributed by atoms with Gasteiger partial charge in [-0.05, 0) is 49.4 Å². The monoisotopic (exact) mass is 581 g/mol. The third-order valence-electron chi connectivity index (χ3n) is 7.27. The molecule has 0 fully saturated rings. The Balaban J connectivity index is 1.23. The first-order chi connectivity index (χ1) is 20.4. The fraction of sp³-hybridized carbons (Fsp3) is 0.303. The molecule has 9 heteroatoms. The van der Waals surface area contributed by atoms with Gasteiger partial charge in [0, 0.05) is 25.1 Å². The van der Waals surface area contributed by atoms with Gasteiger partial charge in [-0.3, -0.25) is 19.4 Å². The zero-order valence-electron chi connectivity index (χ0n) is 23.9. The zero-order chi connectivity index (χ0) is 29.5. The number of hydrogen-bond donors (Lipinski definition) is 2. The van der Waals surface area contributed by atoms with Crippen molar-refractivity contribution in [1.82, 2.24) is 15.5 Å². The molecule has 3 amide bonds. The molecule has 2 heterocycles. The number of nitrogens with zero attached hydrogens (tertiary/aromatic N) is 3. The molecule has 2 unspecified atom stereocenters. The Labute approximate surface area is 250 Å². The lowest BCUT2D eigenvalue weighted by atomic mass is 10.1. The highest BCUT2D eigenvalue weighted by Crippen LogP contribution is 2.35. The third-order valence-corrected chi connectivity index (χ3v) is 8.59. The molecule has 0 aromatic heterocycles. The zero-order valence-corrected chi connectivity index (χ0v) is 24.7. The van der Waals surface area contributed by atoms with E-state index < -0.39 is 11.3 Å². The van der Waals surface area contributed by atoms with E-state index in [9.17, 15) is 14.4 Å². The number of para-hydroxylation sites is 1. The predicted octanol–water partition coefficient (Wildman–Crippen LogP) is 4.92. The average molecular weight is 582 g/mol. The van der Waals surface area contributed by atoms with Crippen LogP contribution in [-0.4, -0.2) is 51.5 Å². The van der Waals surface area contributed by atoms with E-state index in [0.717, 1.165) is 28.7 Å². The van der Waals surface area contributed by atoms with Crippen LogP contribution in [0.25, 0.3) is 0 Å². The Bertz CT molecular complexity index is 1500. The fourth-order valence-electron chi connectivity index (χ4n) is 4.87. The molecule has 216 valence electrons. The molecule has 2 N–H and O–H groups in total. The van der Waals surface area contributed by atoms with Crippen LogP contribution < -0.4 is 10.6 Å². The van der Waals surface area contributed by atoms with Crippen LogP contribution in [0.2, 0.25) is 0 Å². The SMILES string of the molecule is CCC(SC1=Nc2ccccc2C2=NC(CCC(=O)NCCc3ccccc3)C(=O)N12)C(=O)NCc1ccc(C)cc1. The Kier molecular flexibility index (Phi) is 9.48. The topological polar surface area (TPSA) is 103 Å². The molecule has 2 aliphatic rings. The summed E-state index contributed by atoms with van der Waals surface area (Å²) in [5, 5.41) is 5.96. The van der Waals surface area contributed by atoms with Gasteiger partial charge in [-0.2, -0.15) is 0 Å². The molecule has 3 aromatic carbocycles. The van der Waals surface area contributed by atoms with Crippen LogP contribution in [0.15, 0.2) is 88.8 Å². The molecule has 2 aliphatic heterocycles. The molecule has 0 bridgehead atoms. The van der Waals surface area contributed by atoms with E-state index in [1.54, 1.807) is 0 Å². The number of thioether (sulfide) groups is 1. The van der Waals surface area contributed by atoms with Crippen molar-refractivity contribution in [3.05, 3.63) is 101 Å². The molecule has 0 radical (unpaired) electrons. The van der Waals surface area contributed by atoms with Gasteiger partial charge in [-0.1, -0.05) is 91.0 Å². The highest BCUT2D eigenvalue weighted by Gasteiger charge is 2.42. The van der Waals surface area contributed by atoms with E-state index in [1.807, 2.05) is 92.7 Å². The lowest BCUT2D eigenvalue weighted by molar-refractivity contribution is -0.125. The molecule has 0 saturated heterocycles. The molecular formula is C33H35N5O3S. The van der Waals surface area contributed by atoms with Gasteiger partial charge in [-0.25, -0.2) is 9.89 Å². The van der Waals surface area contributed by atoms with Crippen molar-refractivity contribution in [3.8, 4) is 0 Å². The van der Waals surface area contributed by atoms with Crippen molar-refractivity contribution >= 4 is 46.2 Å². The molecular weight excluding hydrogens is 546 g/mol. The van der Waals surface area contributed by atoms with Crippen LogP contribution in [0.4, 0.5) is 5.69 Å². The summed E-state index contributed by atoms with van der Waals surface area (Å²) in [5.74, 6) is 0.0810. The summed E-state index contributed by atoms with van der Waals surface area (Å²) in [6.45, 7) is 4.93. The molecule has 3 aromatic rings. The van der Waals surface area contributed by atoms with Crippen LogP contribution in [0, 0.1) is 6.92 Å². The summed E-state index contributed by atoms with van der Waals surface area (Å²) in [5.41, 5.74) is 4.81. The number of aliphatic imine (C=N–C) groups is 2. The van der Waals surface area contributed by atoms with Gasteiger partial charge >= 0.3 is 0 Å². The first-order valence-corrected chi connectivity index (χ1v) is 15.2. The molecule has 5 rings (SSSR count). The van der Waals surface area contributed by atoms with Crippen LogP contribution in [0.1, 0.15) is 48.4 Å². The van der Waals surface area contributed by atoms with Crippen molar-refractivity contribution < 1.29 is 14.4 Å². The van der Waals surface area contributed by atoms with Crippen molar-refractivity contribution in [2.45, 2.75) is 57.4 Å². The van der Waals surface area contributed by atoms with Gasteiger partial charge in [0.2, 0.25) is 11.8 Å². The van der Waals surface area contributed by atoms with E-state index in [2.05, 4.69) is 10.6 Å². The predicted molar refractivity (Wildman–Crippen MR) is 168 cm³/mol. The molecule has 42 heavy (non-hydrogen) atoms. The molecule has 8 nitrogen and oxygen atoms in total. The van der Waals surface area contributed by atoms with Crippen molar-refractivity contribution in [3.63, 3.8) is 0 Å². The first-order valence-electron chi connectivity index (χ1n) is 14.3. The lowest BCUT2D eigenvalue weighted by Crippen LogP contribution is -2.43. The minimum Gasteiger partial charge on any atom is -0.356 e. The average Bonchev–Trinajstić information content (AvgIpc) is 3.35. The molecule has 2 atom stereocenters. The maximum Gasteiger partial charge on any atom is 0.259 e. The second-order valence-electron chi connectivity index (χ2n) is 10.4. The van der Waals surface area contributed by atoms with Crippen molar-refractivity contribution in [2.75, 3.05) is 6.54 Å². The number of rotatable bonds is 11. The number of aryl methyl sites for hydroxylation is 1. The second-order valence-corrected chi connectivity index (χ2v) is 11.6. The lowest BCUT2D eigenvalue weighted by Gasteiger charge is -2.27. The van der Waals surface area contributed by atoms with E-state index in [1.165, 1.54) is 16.7 Å². The van der Waals surface area contributed by atoms with Crippen LogP contribution in [-0.2, 0) is 27.3 Å². The Morgan fingerprint density at radius 3 is 2.45 bits per heavy atom. The summed E-state index contributed by atoms with van der Waals surface area (Å²) in [6, 6.07) is 24.9. The smallest absolute Gasteiger partial charge is 0.259 e. The van der Waals surface area contributed by atoms with Gasteiger partial charge in [0.15, 0.2) is 5.17 Å². The number of benzene rings is 3. The van der Waals surface area contributed by atoms with E-state index in [4.69, 9.17) is 9.98 Å². The Morgan fingerprint density at radius 2 is 1.69 bits per heavy atom. The second kappa shape index (κ2) is 13.6. The highest BCUT2D eigenvalue weighted by atomic mass is 32.2. The number of fused-ring (bicyclic) bond motifs is 3. The quantitative estimate of drug-likeness (QED) is 0.336. The summed E-state index contributed by atoms with van der Waals surface area (Å²) >= 11 is 1.27. The van der Waals surface area contributed by atoms with Gasteiger partial charge in [0.25, 0.3) is 5.91 Å². The van der Waals surface area contributed by atoms with E-state index >= 15 is 0 Å². The van der Waals surface area contributed by atoms with Gasteiger partial charge in [0.1, 0.15) is 11.9 Å². The van der Waals surface area contributed by atoms with Gasteiger partial charge in [-0.15, -0.1) is 0 Å².